The first-order chi connectivity index (χ1) is 10.7. The molecule has 120 valence electrons. The lowest BCUT2D eigenvalue weighted by atomic mass is 9.78. The molecule has 1 amide bonds. The smallest absolute Gasteiger partial charge is 0.275 e. The van der Waals surface area contributed by atoms with E-state index in [2.05, 4.69) is 5.32 Å². The molecule has 3 atom stereocenters. The molecule has 1 aliphatic carbocycles. The molecule has 0 aromatic heterocycles. The molecule has 0 bridgehead atoms. The number of benzene rings is 1. The highest BCUT2D eigenvalue weighted by Crippen LogP contribution is 2.28. The third-order valence-electron chi connectivity index (χ3n) is 5.30. The van der Waals surface area contributed by atoms with Crippen molar-refractivity contribution in [2.24, 2.45) is 5.92 Å². The van der Waals surface area contributed by atoms with E-state index >= 15 is 0 Å². The average molecular weight is 305 g/mol. The molecule has 3 rings (SSSR count). The highest BCUT2D eigenvalue weighted by atomic mass is 19.1. The minimum atomic E-state index is -0.240. The lowest BCUT2D eigenvalue weighted by Crippen LogP contribution is -3.18. The van der Waals surface area contributed by atoms with Crippen LogP contribution in [0.1, 0.15) is 44.1 Å². The van der Waals surface area contributed by atoms with Gasteiger partial charge in [-0.2, -0.15) is 0 Å². The maximum absolute atomic E-state index is 12.9. The summed E-state index contributed by atoms with van der Waals surface area (Å²) in [6.45, 7) is 2.20. The second-order valence-corrected chi connectivity index (χ2v) is 6.78. The lowest BCUT2D eigenvalue weighted by Gasteiger charge is -2.40. The third-order valence-corrected chi connectivity index (χ3v) is 5.30. The molecular weight excluding hydrogens is 279 g/mol. The third kappa shape index (κ3) is 3.86. The van der Waals surface area contributed by atoms with Gasteiger partial charge in [0, 0.05) is 12.5 Å². The Morgan fingerprint density at radius 2 is 1.86 bits per heavy atom. The Bertz CT molecular complexity index is 500. The van der Waals surface area contributed by atoms with E-state index in [1.165, 1.54) is 55.6 Å². The molecule has 1 unspecified atom stereocenters. The number of halogens is 1. The van der Waals surface area contributed by atoms with Crippen LogP contribution in [0.5, 0.6) is 0 Å². The first kappa shape index (κ1) is 15.5. The van der Waals surface area contributed by atoms with Crippen molar-refractivity contribution in [1.29, 1.82) is 0 Å². The van der Waals surface area contributed by atoms with E-state index in [4.69, 9.17) is 0 Å². The van der Waals surface area contributed by atoms with E-state index in [1.54, 1.807) is 12.1 Å². The fourth-order valence-corrected chi connectivity index (χ4v) is 4.16. The number of likely N-dealkylation sites (tertiary alicyclic amines) is 1. The molecule has 2 aliphatic rings. The molecule has 0 radical (unpaired) electrons. The van der Waals surface area contributed by atoms with Gasteiger partial charge in [-0.25, -0.2) is 4.39 Å². The van der Waals surface area contributed by atoms with Crippen LogP contribution in [0.3, 0.4) is 0 Å². The summed E-state index contributed by atoms with van der Waals surface area (Å²) in [5.41, 5.74) is 0.943. The van der Waals surface area contributed by atoms with Gasteiger partial charge in [0.2, 0.25) is 0 Å². The number of nitrogens with one attached hydrogen (secondary N) is 2. The number of quaternary nitrogens is 1. The molecule has 4 heteroatoms. The summed E-state index contributed by atoms with van der Waals surface area (Å²) < 4.78 is 12.9. The maximum atomic E-state index is 12.9. The van der Waals surface area contributed by atoms with Gasteiger partial charge < -0.3 is 10.2 Å². The fraction of sp³-hybridized carbons (Fsp3) is 0.611. The van der Waals surface area contributed by atoms with E-state index in [9.17, 15) is 9.18 Å². The fourth-order valence-electron chi connectivity index (χ4n) is 4.16. The van der Waals surface area contributed by atoms with Crippen LogP contribution in [-0.2, 0) is 11.3 Å². The molecule has 1 heterocycles. The number of hydrogen-bond donors (Lipinski definition) is 2. The van der Waals surface area contributed by atoms with Crippen molar-refractivity contribution in [2.75, 3.05) is 13.1 Å². The van der Waals surface area contributed by atoms with E-state index in [1.807, 2.05) is 0 Å². The summed E-state index contributed by atoms with van der Waals surface area (Å²) in [4.78, 5) is 13.7. The van der Waals surface area contributed by atoms with Gasteiger partial charge in [-0.05, 0) is 49.8 Å². The van der Waals surface area contributed by atoms with Crippen LogP contribution >= 0.6 is 0 Å². The number of piperidine rings is 1. The van der Waals surface area contributed by atoms with Crippen molar-refractivity contribution in [3.05, 3.63) is 35.6 Å². The summed E-state index contributed by atoms with van der Waals surface area (Å²) in [5.74, 6) is 0.712. The maximum Gasteiger partial charge on any atom is 0.275 e. The largest absolute Gasteiger partial charge is 0.347 e. The second-order valence-electron chi connectivity index (χ2n) is 6.78. The number of fused-ring (bicyclic) bond motifs is 1. The predicted molar refractivity (Wildman–Crippen MR) is 83.9 cm³/mol. The summed E-state index contributed by atoms with van der Waals surface area (Å²) in [6, 6.07) is 7.01. The van der Waals surface area contributed by atoms with Gasteiger partial charge in [0.25, 0.3) is 5.91 Å². The van der Waals surface area contributed by atoms with Crippen molar-refractivity contribution < 1.29 is 14.1 Å². The first-order valence-corrected chi connectivity index (χ1v) is 8.58. The highest BCUT2D eigenvalue weighted by molar-refractivity contribution is 5.76. The topological polar surface area (TPSA) is 33.5 Å². The molecule has 1 saturated heterocycles. The molecule has 1 aromatic rings. The zero-order valence-electron chi connectivity index (χ0n) is 13.1. The van der Waals surface area contributed by atoms with Gasteiger partial charge in [-0.15, -0.1) is 0 Å². The Labute approximate surface area is 131 Å². The van der Waals surface area contributed by atoms with Crippen LogP contribution in [0.4, 0.5) is 4.39 Å². The van der Waals surface area contributed by atoms with E-state index in [0.29, 0.717) is 19.1 Å². The summed E-state index contributed by atoms with van der Waals surface area (Å²) in [7, 11) is 0. The lowest BCUT2D eigenvalue weighted by molar-refractivity contribution is -0.928. The summed E-state index contributed by atoms with van der Waals surface area (Å²) in [5, 5.41) is 2.98. The predicted octanol–water partition coefficient (Wildman–Crippen LogP) is 1.68. The Morgan fingerprint density at radius 3 is 2.68 bits per heavy atom. The average Bonchev–Trinajstić information content (AvgIpc) is 2.55. The van der Waals surface area contributed by atoms with Gasteiger partial charge in [-0.1, -0.05) is 18.6 Å². The normalized spacial score (nSPS) is 28.0. The van der Waals surface area contributed by atoms with Crippen molar-refractivity contribution >= 4 is 5.91 Å². The molecule has 1 aromatic carbocycles. The summed E-state index contributed by atoms with van der Waals surface area (Å²) >= 11 is 0. The van der Waals surface area contributed by atoms with E-state index in [-0.39, 0.29) is 11.7 Å². The van der Waals surface area contributed by atoms with Crippen LogP contribution in [0.25, 0.3) is 0 Å². The van der Waals surface area contributed by atoms with Crippen molar-refractivity contribution in [3.63, 3.8) is 0 Å². The zero-order chi connectivity index (χ0) is 15.4. The second kappa shape index (κ2) is 7.23. The molecule has 1 saturated carbocycles. The zero-order valence-corrected chi connectivity index (χ0v) is 13.1. The Kier molecular flexibility index (Phi) is 5.08. The van der Waals surface area contributed by atoms with E-state index in [0.717, 1.165) is 18.0 Å². The number of carbonyl (C=O) groups excluding carboxylic acids is 1. The molecule has 0 spiro atoms. The van der Waals surface area contributed by atoms with Crippen LogP contribution in [-0.4, -0.2) is 25.0 Å². The van der Waals surface area contributed by atoms with Crippen molar-refractivity contribution in [1.82, 2.24) is 5.32 Å². The Hall–Kier alpha value is -1.42. The summed E-state index contributed by atoms with van der Waals surface area (Å²) in [6.07, 6.45) is 7.93. The molecule has 3 nitrogen and oxygen atoms in total. The number of amides is 1. The Balaban J connectivity index is 1.49. The van der Waals surface area contributed by atoms with Gasteiger partial charge in [0.15, 0.2) is 6.54 Å². The van der Waals surface area contributed by atoms with Crippen molar-refractivity contribution in [3.8, 4) is 0 Å². The number of hydrogen-bond acceptors (Lipinski definition) is 1. The van der Waals surface area contributed by atoms with Crippen LogP contribution in [0.15, 0.2) is 24.3 Å². The standard InChI is InChI=1S/C18H25FN2O/c19-16-9-7-14(8-10-16)12-20-18(22)13-21-11-3-5-15-4-1-2-6-17(15)21/h7-10,15,17H,1-6,11-13H2,(H,20,22)/p+1/t15-,17-/m0/s1. The van der Waals surface area contributed by atoms with Crippen LogP contribution in [0, 0.1) is 11.7 Å². The van der Waals surface area contributed by atoms with Gasteiger partial charge >= 0.3 is 0 Å². The first-order valence-electron chi connectivity index (χ1n) is 8.58. The number of rotatable bonds is 4. The van der Waals surface area contributed by atoms with Gasteiger partial charge in [0.1, 0.15) is 5.82 Å². The highest BCUT2D eigenvalue weighted by Gasteiger charge is 2.37. The quantitative estimate of drug-likeness (QED) is 0.872. The molecule has 2 fully saturated rings. The molecule has 22 heavy (non-hydrogen) atoms. The van der Waals surface area contributed by atoms with Crippen LogP contribution < -0.4 is 10.2 Å². The SMILES string of the molecule is O=C(C[NH+]1CCC[C@@H]2CCCC[C@@H]21)NCc1ccc(F)cc1. The van der Waals surface area contributed by atoms with Crippen LogP contribution in [0.2, 0.25) is 0 Å². The Morgan fingerprint density at radius 1 is 1.14 bits per heavy atom. The van der Waals surface area contributed by atoms with Gasteiger partial charge in [-0.3, -0.25) is 4.79 Å². The van der Waals surface area contributed by atoms with Crippen molar-refractivity contribution in [2.45, 2.75) is 51.1 Å². The monoisotopic (exact) mass is 305 g/mol. The van der Waals surface area contributed by atoms with E-state index < -0.39 is 0 Å². The minimum absolute atomic E-state index is 0.116. The minimum Gasteiger partial charge on any atom is -0.347 e. The van der Waals surface area contributed by atoms with Gasteiger partial charge in [0.05, 0.1) is 12.6 Å². The molecular formula is C18H26FN2O+. The molecule has 2 N–H and O–H groups in total. The number of carbonyl (C=O) groups is 1. The molecule has 1 aliphatic heterocycles.